The summed E-state index contributed by atoms with van der Waals surface area (Å²) in [6, 6.07) is 7.99. The first-order chi connectivity index (χ1) is 9.99. The first-order valence-corrected chi connectivity index (χ1v) is 6.23. The summed E-state index contributed by atoms with van der Waals surface area (Å²) in [4.78, 5) is 25.7. The summed E-state index contributed by atoms with van der Waals surface area (Å²) in [6.45, 7) is 0.0330. The zero-order valence-electron chi connectivity index (χ0n) is 11.9. The van der Waals surface area contributed by atoms with E-state index in [2.05, 4.69) is 0 Å². The maximum absolute atomic E-state index is 12.3. The van der Waals surface area contributed by atoms with Crippen molar-refractivity contribution in [2.45, 2.75) is 0 Å². The average Bonchev–Trinajstić information content (AvgIpc) is 2.49. The number of carboxylic acid groups (broad SMARTS) is 1. The predicted molar refractivity (Wildman–Crippen MR) is 76.0 cm³/mol. The van der Waals surface area contributed by atoms with E-state index in [4.69, 9.17) is 15.1 Å². The highest BCUT2D eigenvalue weighted by Crippen LogP contribution is 2.15. The maximum atomic E-state index is 12.3. The van der Waals surface area contributed by atoms with Crippen molar-refractivity contribution in [3.63, 3.8) is 0 Å². The number of nitrogens with zero attached hydrogens (tertiary/aromatic N) is 3. The van der Waals surface area contributed by atoms with Crippen LogP contribution in [0.1, 0.15) is 5.56 Å². The third kappa shape index (κ3) is 4.78. The number of nitriles is 1. The van der Waals surface area contributed by atoms with Crippen LogP contribution in [0.3, 0.4) is 0 Å². The summed E-state index contributed by atoms with van der Waals surface area (Å²) in [6.07, 6.45) is 0. The number of amides is 2. The molecule has 1 rings (SSSR count). The third-order valence-electron chi connectivity index (χ3n) is 2.83. The number of benzene rings is 1. The molecule has 0 heterocycles. The lowest BCUT2D eigenvalue weighted by Crippen LogP contribution is -2.45. The monoisotopic (exact) mass is 291 g/mol. The molecule has 7 nitrogen and oxygen atoms in total. The van der Waals surface area contributed by atoms with Crippen LogP contribution >= 0.6 is 0 Å². The summed E-state index contributed by atoms with van der Waals surface area (Å²) in [7, 11) is 3.03. The van der Waals surface area contributed by atoms with Crippen LogP contribution in [0.5, 0.6) is 0 Å². The number of aliphatic carboxylic acids is 1. The number of carbonyl (C=O) groups excluding carboxylic acids is 1. The number of rotatable bonds is 6. The Morgan fingerprint density at radius 1 is 1.33 bits per heavy atom. The van der Waals surface area contributed by atoms with Gasteiger partial charge in [-0.25, -0.2) is 4.79 Å². The van der Waals surface area contributed by atoms with E-state index in [1.165, 1.54) is 16.9 Å². The number of urea groups is 1. The standard InChI is InChI=1S/C14H17N3O4/c1-16(12-5-3-11(9-15)4-6-12)14(20)17(7-8-21-2)10-13(18)19/h3-6H,7-8,10H2,1-2H3,(H,18,19). The summed E-state index contributed by atoms with van der Waals surface area (Å²) in [5, 5.41) is 17.6. The molecule has 0 radical (unpaired) electrons. The molecule has 0 bridgehead atoms. The van der Waals surface area contributed by atoms with Crippen molar-refractivity contribution < 1.29 is 19.4 Å². The van der Waals surface area contributed by atoms with Gasteiger partial charge in [0.25, 0.3) is 0 Å². The molecular formula is C14H17N3O4. The largest absolute Gasteiger partial charge is 0.480 e. The number of methoxy groups -OCH3 is 1. The van der Waals surface area contributed by atoms with Crippen molar-refractivity contribution >= 4 is 17.7 Å². The second kappa shape index (κ2) is 7.87. The molecule has 0 fully saturated rings. The van der Waals surface area contributed by atoms with Gasteiger partial charge in [0.15, 0.2) is 0 Å². The minimum Gasteiger partial charge on any atom is -0.480 e. The Bertz CT molecular complexity index is 536. The Balaban J connectivity index is 2.84. The predicted octanol–water partition coefficient (Wildman–Crippen LogP) is 1.15. The van der Waals surface area contributed by atoms with Crippen LogP contribution in [0, 0.1) is 11.3 Å². The van der Waals surface area contributed by atoms with Crippen molar-refractivity contribution in [2.75, 3.05) is 38.8 Å². The number of carboxylic acids is 1. The molecule has 0 aliphatic heterocycles. The number of anilines is 1. The van der Waals surface area contributed by atoms with Crippen LogP contribution in [0.15, 0.2) is 24.3 Å². The SMILES string of the molecule is COCCN(CC(=O)O)C(=O)N(C)c1ccc(C#N)cc1. The lowest BCUT2D eigenvalue weighted by molar-refractivity contribution is -0.137. The summed E-state index contributed by atoms with van der Waals surface area (Å²) in [5.74, 6) is -1.09. The van der Waals surface area contributed by atoms with Gasteiger partial charge in [0.05, 0.1) is 18.2 Å². The number of carbonyl (C=O) groups is 2. The highest BCUT2D eigenvalue weighted by atomic mass is 16.5. The Kier molecular flexibility index (Phi) is 6.17. The van der Waals surface area contributed by atoms with Gasteiger partial charge in [-0.15, -0.1) is 0 Å². The molecule has 0 unspecified atom stereocenters. The molecule has 1 aromatic rings. The first-order valence-electron chi connectivity index (χ1n) is 6.23. The fraction of sp³-hybridized carbons (Fsp3) is 0.357. The number of hydrogen-bond donors (Lipinski definition) is 1. The van der Waals surface area contributed by atoms with Crippen LogP contribution in [-0.2, 0) is 9.53 Å². The Morgan fingerprint density at radius 2 is 1.95 bits per heavy atom. The van der Waals surface area contributed by atoms with E-state index in [9.17, 15) is 9.59 Å². The molecule has 0 aliphatic carbocycles. The van der Waals surface area contributed by atoms with Crippen molar-refractivity contribution in [3.05, 3.63) is 29.8 Å². The lowest BCUT2D eigenvalue weighted by Gasteiger charge is -2.26. The van der Waals surface area contributed by atoms with Gasteiger partial charge in [-0.05, 0) is 24.3 Å². The molecule has 0 aromatic heterocycles. The van der Waals surface area contributed by atoms with Crippen molar-refractivity contribution in [1.29, 1.82) is 5.26 Å². The molecule has 0 saturated heterocycles. The highest BCUT2D eigenvalue weighted by Gasteiger charge is 2.21. The molecule has 112 valence electrons. The average molecular weight is 291 g/mol. The fourth-order valence-corrected chi connectivity index (χ4v) is 1.69. The Hall–Kier alpha value is -2.59. The molecule has 21 heavy (non-hydrogen) atoms. The van der Waals surface area contributed by atoms with Crippen molar-refractivity contribution in [1.82, 2.24) is 4.90 Å². The smallest absolute Gasteiger partial charge is 0.324 e. The van der Waals surface area contributed by atoms with E-state index in [1.807, 2.05) is 6.07 Å². The summed E-state index contributed by atoms with van der Waals surface area (Å²) < 4.78 is 4.88. The van der Waals surface area contributed by atoms with Crippen LogP contribution in [0.25, 0.3) is 0 Å². The van der Waals surface area contributed by atoms with Gasteiger partial charge in [-0.2, -0.15) is 5.26 Å². The number of ether oxygens (including phenoxy) is 1. The van der Waals surface area contributed by atoms with E-state index < -0.39 is 18.5 Å². The summed E-state index contributed by atoms with van der Waals surface area (Å²) >= 11 is 0. The Labute approximate surface area is 122 Å². The second-order valence-electron chi connectivity index (χ2n) is 4.31. The fourth-order valence-electron chi connectivity index (χ4n) is 1.69. The quantitative estimate of drug-likeness (QED) is 0.848. The molecule has 0 spiro atoms. The second-order valence-corrected chi connectivity index (χ2v) is 4.31. The summed E-state index contributed by atoms with van der Waals surface area (Å²) in [5.41, 5.74) is 1.06. The van der Waals surface area contributed by atoms with E-state index in [0.29, 0.717) is 11.3 Å². The minimum atomic E-state index is -1.09. The molecule has 1 N–H and O–H groups in total. The van der Waals surface area contributed by atoms with E-state index in [1.54, 1.807) is 31.3 Å². The van der Waals surface area contributed by atoms with E-state index in [0.717, 1.165) is 0 Å². The molecule has 2 amide bonds. The van der Waals surface area contributed by atoms with E-state index >= 15 is 0 Å². The van der Waals surface area contributed by atoms with Gasteiger partial charge in [0.2, 0.25) is 0 Å². The van der Waals surface area contributed by atoms with Gasteiger partial charge >= 0.3 is 12.0 Å². The van der Waals surface area contributed by atoms with Crippen LogP contribution in [-0.4, -0.2) is 55.9 Å². The molecule has 7 heteroatoms. The van der Waals surface area contributed by atoms with Gasteiger partial charge in [0.1, 0.15) is 6.54 Å². The topological polar surface area (TPSA) is 93.9 Å². The van der Waals surface area contributed by atoms with Crippen molar-refractivity contribution in [2.24, 2.45) is 0 Å². The van der Waals surface area contributed by atoms with Crippen molar-refractivity contribution in [3.8, 4) is 6.07 Å². The van der Waals surface area contributed by atoms with Crippen LogP contribution < -0.4 is 4.90 Å². The van der Waals surface area contributed by atoms with Crippen LogP contribution in [0.4, 0.5) is 10.5 Å². The van der Waals surface area contributed by atoms with E-state index in [-0.39, 0.29) is 13.2 Å². The van der Waals surface area contributed by atoms with Crippen LogP contribution in [0.2, 0.25) is 0 Å². The molecule has 0 atom stereocenters. The zero-order valence-corrected chi connectivity index (χ0v) is 11.9. The first kappa shape index (κ1) is 16.5. The highest BCUT2D eigenvalue weighted by molar-refractivity contribution is 5.93. The zero-order chi connectivity index (χ0) is 15.8. The maximum Gasteiger partial charge on any atom is 0.324 e. The lowest BCUT2D eigenvalue weighted by atomic mass is 10.2. The van der Waals surface area contributed by atoms with Gasteiger partial charge in [-0.1, -0.05) is 0 Å². The Morgan fingerprint density at radius 3 is 2.43 bits per heavy atom. The van der Waals surface area contributed by atoms with Gasteiger partial charge in [0, 0.05) is 26.4 Å². The minimum absolute atomic E-state index is 0.183. The number of hydrogen-bond acceptors (Lipinski definition) is 4. The van der Waals surface area contributed by atoms with Gasteiger partial charge in [-0.3, -0.25) is 9.69 Å². The molecule has 1 aromatic carbocycles. The normalized spacial score (nSPS) is 9.76. The molecule has 0 aliphatic rings. The molecule has 0 saturated carbocycles. The molecular weight excluding hydrogens is 274 g/mol. The third-order valence-corrected chi connectivity index (χ3v) is 2.83. The van der Waals surface area contributed by atoms with Gasteiger partial charge < -0.3 is 14.7 Å².